The highest BCUT2D eigenvalue weighted by atomic mass is 16.5. The van der Waals surface area contributed by atoms with Crippen LogP contribution < -0.4 is 38.1 Å². The number of piperidine rings is 1. The van der Waals surface area contributed by atoms with Crippen LogP contribution in [0.4, 0.5) is 0 Å². The van der Waals surface area contributed by atoms with Crippen molar-refractivity contribution >= 4 is 59.2 Å². The average molecular weight is 951 g/mol. The molecule has 7 amide bonds. The number of nitrogens with two attached hydrogens (primary N) is 2. The van der Waals surface area contributed by atoms with Crippen LogP contribution in [0.2, 0.25) is 0 Å². The predicted molar refractivity (Wildman–Crippen MR) is 242 cm³/mol. The Balaban J connectivity index is 1.89. The number of amides is 7. The standard InChI is InChI=1S/C45H62N10O13/c1-23(2)36-44(67)68-24(3)37(53-39(62)31(22-35(59)60)49-25(4)56)41(64)50-29(12-9-19-48-45(46)47)38(61)51-30-17-18-34(58)55(42(30)65)33(21-26-10-7-6-8-11-26)43(66)54(5)32(40(63)52-36)20-27-13-15-28(57)16-14-27/h6-8,10-11,13-16,23-24,29-34,36-37,57-58H,9,12,17-22H2,1-5H3,(H,49,56)(H,50,64)(H,51,61)(H,52,63)(H,53,62)(H,59,60)(H4,46,47,48). The van der Waals surface area contributed by atoms with Gasteiger partial charge in [0.2, 0.25) is 41.4 Å². The van der Waals surface area contributed by atoms with E-state index in [2.05, 4.69) is 31.6 Å². The number of carbonyl (C=O) groups is 9. The van der Waals surface area contributed by atoms with Gasteiger partial charge in [-0.3, -0.25) is 43.3 Å². The molecular weight excluding hydrogens is 889 g/mol. The lowest BCUT2D eigenvalue weighted by molar-refractivity contribution is -0.165. The summed E-state index contributed by atoms with van der Waals surface area (Å²) in [6, 6.07) is 3.58. The molecule has 0 aromatic heterocycles. The molecule has 2 aromatic carbocycles. The quantitative estimate of drug-likeness (QED) is 0.0419. The third kappa shape index (κ3) is 14.9. The lowest BCUT2D eigenvalue weighted by atomic mass is 9.95. The van der Waals surface area contributed by atoms with E-state index in [1.165, 1.54) is 38.2 Å². The molecule has 68 heavy (non-hydrogen) atoms. The first-order valence-electron chi connectivity index (χ1n) is 22.1. The number of aliphatic hydroxyl groups excluding tert-OH is 1. The van der Waals surface area contributed by atoms with Crippen molar-refractivity contribution < 1.29 is 63.2 Å². The van der Waals surface area contributed by atoms with E-state index >= 15 is 0 Å². The molecule has 12 N–H and O–H groups in total. The SMILES string of the molecule is CC(=O)NC(CC(=O)O)C(=O)NC1C(=O)NC(CCCN=C(N)N)C(=O)NC2CCC(O)N(C2=O)C(Cc2ccccc2)C(=O)N(C)C(Cc2ccc(O)cc2)C(=O)NC(C(C)C)C(=O)OC1C. The zero-order chi connectivity index (χ0) is 50.4. The van der Waals surface area contributed by atoms with E-state index in [0.717, 1.165) is 16.7 Å². The van der Waals surface area contributed by atoms with E-state index in [9.17, 15) is 58.5 Å². The summed E-state index contributed by atoms with van der Waals surface area (Å²) in [4.78, 5) is 130. The number of nitrogens with one attached hydrogen (secondary N) is 5. The summed E-state index contributed by atoms with van der Waals surface area (Å²) in [5, 5.41) is 43.4. The molecule has 2 bridgehead atoms. The number of rotatable bonds is 14. The minimum atomic E-state index is -1.89. The van der Waals surface area contributed by atoms with Crippen molar-refractivity contribution in [3.63, 3.8) is 0 Å². The number of carboxylic acids is 1. The van der Waals surface area contributed by atoms with Crippen molar-refractivity contribution in [2.75, 3.05) is 13.6 Å². The van der Waals surface area contributed by atoms with Crippen LogP contribution in [0.3, 0.4) is 0 Å². The third-order valence-corrected chi connectivity index (χ3v) is 11.5. The Bertz CT molecular complexity index is 2170. The number of phenols is 1. The maximum atomic E-state index is 15.0. The molecular formula is C45H62N10O13. The van der Waals surface area contributed by atoms with Gasteiger partial charge in [0.15, 0.2) is 5.96 Å². The van der Waals surface area contributed by atoms with Gasteiger partial charge in [-0.15, -0.1) is 0 Å². The third-order valence-electron chi connectivity index (χ3n) is 11.5. The van der Waals surface area contributed by atoms with Gasteiger partial charge in [-0.05, 0) is 61.8 Å². The molecule has 9 atom stereocenters. The van der Waals surface area contributed by atoms with Crippen LogP contribution in [0, 0.1) is 5.92 Å². The van der Waals surface area contributed by atoms with Crippen LogP contribution in [0.15, 0.2) is 59.6 Å². The Kier molecular flexibility index (Phi) is 19.2. The number of aliphatic imine (C=N–C) groups is 1. The normalized spacial score (nSPS) is 24.8. The van der Waals surface area contributed by atoms with E-state index < -0.39 is 120 Å². The first-order valence-corrected chi connectivity index (χ1v) is 22.1. The van der Waals surface area contributed by atoms with Crippen LogP contribution in [-0.2, 0) is 60.7 Å². The molecule has 23 heteroatoms. The fourth-order valence-electron chi connectivity index (χ4n) is 7.85. The maximum absolute atomic E-state index is 15.0. The van der Waals surface area contributed by atoms with E-state index in [1.54, 1.807) is 44.2 Å². The molecule has 9 unspecified atom stereocenters. The molecule has 2 fully saturated rings. The summed E-state index contributed by atoms with van der Waals surface area (Å²) < 4.78 is 5.77. The summed E-state index contributed by atoms with van der Waals surface area (Å²) in [5.74, 6) is -10.1. The Labute approximate surface area is 392 Å². The Hall–Kier alpha value is -7.30. The highest BCUT2D eigenvalue weighted by Gasteiger charge is 2.46. The topological polar surface area (TPSA) is 355 Å². The second-order valence-corrected chi connectivity index (χ2v) is 17.1. The van der Waals surface area contributed by atoms with Gasteiger partial charge in [-0.2, -0.15) is 0 Å². The van der Waals surface area contributed by atoms with Gasteiger partial charge < -0.3 is 67.9 Å². The molecule has 0 aliphatic carbocycles. The fourth-order valence-corrected chi connectivity index (χ4v) is 7.85. The molecule has 2 aromatic rings. The van der Waals surface area contributed by atoms with Crippen molar-refractivity contribution in [3.8, 4) is 5.75 Å². The number of hydrogen-bond acceptors (Lipinski definition) is 13. The van der Waals surface area contributed by atoms with Crippen LogP contribution >= 0.6 is 0 Å². The monoisotopic (exact) mass is 950 g/mol. The van der Waals surface area contributed by atoms with Crippen molar-refractivity contribution in [2.45, 2.75) is 127 Å². The smallest absolute Gasteiger partial charge is 0.329 e. The van der Waals surface area contributed by atoms with Crippen molar-refractivity contribution in [1.29, 1.82) is 0 Å². The van der Waals surface area contributed by atoms with Crippen molar-refractivity contribution in [2.24, 2.45) is 22.4 Å². The number of fused-ring (bicyclic) bond motifs is 2. The van der Waals surface area contributed by atoms with E-state index in [-0.39, 0.29) is 56.8 Å². The highest BCUT2D eigenvalue weighted by molar-refractivity contribution is 5.98. The average Bonchev–Trinajstić information content (AvgIpc) is 3.27. The van der Waals surface area contributed by atoms with Crippen molar-refractivity contribution in [3.05, 3.63) is 65.7 Å². The van der Waals surface area contributed by atoms with Crippen molar-refractivity contribution in [1.82, 2.24) is 36.4 Å². The van der Waals surface area contributed by atoms with Crippen LogP contribution in [0.25, 0.3) is 0 Å². The predicted octanol–water partition coefficient (Wildman–Crippen LogP) is -2.11. The summed E-state index contributed by atoms with van der Waals surface area (Å²) in [6.07, 6.45) is -4.73. The summed E-state index contributed by atoms with van der Waals surface area (Å²) >= 11 is 0. The minimum Gasteiger partial charge on any atom is -0.508 e. The zero-order valence-electron chi connectivity index (χ0n) is 38.5. The molecule has 23 nitrogen and oxygen atoms in total. The number of carbonyl (C=O) groups excluding carboxylic acids is 8. The molecule has 4 rings (SSSR count). The van der Waals surface area contributed by atoms with Gasteiger partial charge in [-0.1, -0.05) is 56.3 Å². The molecule has 2 aliphatic rings. The molecule has 2 heterocycles. The Morgan fingerprint density at radius 1 is 0.868 bits per heavy atom. The summed E-state index contributed by atoms with van der Waals surface area (Å²) in [6.45, 7) is 5.39. The van der Waals surface area contributed by atoms with Crippen LogP contribution in [0.1, 0.15) is 70.9 Å². The van der Waals surface area contributed by atoms with E-state index in [1.807, 2.05) is 0 Å². The number of guanidine groups is 1. The second kappa shape index (κ2) is 24.5. The van der Waals surface area contributed by atoms with Crippen LogP contribution in [-0.4, -0.2) is 153 Å². The number of ether oxygens (including phenoxy) is 1. The van der Waals surface area contributed by atoms with Gasteiger partial charge >= 0.3 is 11.9 Å². The lowest BCUT2D eigenvalue weighted by Crippen LogP contribution is -2.65. The number of cyclic esters (lactones) is 1. The Morgan fingerprint density at radius 2 is 1.50 bits per heavy atom. The number of benzene rings is 2. The Morgan fingerprint density at radius 3 is 2.10 bits per heavy atom. The number of nitrogens with zero attached hydrogens (tertiary/aromatic N) is 3. The highest BCUT2D eigenvalue weighted by Crippen LogP contribution is 2.25. The largest absolute Gasteiger partial charge is 0.508 e. The molecule has 0 saturated carbocycles. The van der Waals surface area contributed by atoms with Gasteiger partial charge in [0.05, 0.1) is 6.42 Å². The van der Waals surface area contributed by atoms with Gasteiger partial charge in [0.1, 0.15) is 60.4 Å². The number of hydrogen-bond donors (Lipinski definition) is 10. The first-order chi connectivity index (χ1) is 32.1. The van der Waals surface area contributed by atoms with Crippen LogP contribution in [0.5, 0.6) is 5.75 Å². The molecule has 2 aliphatic heterocycles. The van der Waals surface area contributed by atoms with Gasteiger partial charge in [-0.25, -0.2) is 4.79 Å². The molecule has 0 radical (unpaired) electrons. The summed E-state index contributed by atoms with van der Waals surface area (Å²) in [7, 11) is 1.33. The number of aromatic hydroxyl groups is 1. The number of likely N-dealkylation sites (N-methyl/N-ethyl adjacent to an activating group) is 1. The number of carboxylic acid groups (broad SMARTS) is 1. The minimum absolute atomic E-state index is 0.0150. The molecule has 2 saturated heterocycles. The number of phenolic OH excluding ortho intramolecular Hbond substituents is 1. The zero-order valence-corrected chi connectivity index (χ0v) is 38.5. The molecule has 370 valence electrons. The number of aliphatic carboxylic acids is 1. The number of esters is 1. The van der Waals surface area contributed by atoms with E-state index in [0.29, 0.717) is 11.1 Å². The maximum Gasteiger partial charge on any atom is 0.329 e. The van der Waals surface area contributed by atoms with Gasteiger partial charge in [0.25, 0.3) is 0 Å². The van der Waals surface area contributed by atoms with Gasteiger partial charge in [0, 0.05) is 33.4 Å². The second-order valence-electron chi connectivity index (χ2n) is 17.1. The first kappa shape index (κ1) is 53.3. The molecule has 0 spiro atoms. The summed E-state index contributed by atoms with van der Waals surface area (Å²) in [5.41, 5.74) is 12.0. The fraction of sp³-hybridized carbons (Fsp3) is 0.511. The number of aliphatic hydroxyl groups is 1. The lowest BCUT2D eigenvalue weighted by Gasteiger charge is -2.43. The van der Waals surface area contributed by atoms with E-state index in [4.69, 9.17) is 16.2 Å².